The fraction of sp³-hybridized carbons (Fsp3) is 0.188. The van der Waals surface area contributed by atoms with Crippen molar-refractivity contribution in [3.63, 3.8) is 0 Å². The normalized spacial score (nSPS) is 10.2. The molecule has 0 aliphatic carbocycles. The van der Waals surface area contributed by atoms with E-state index in [0.717, 1.165) is 11.1 Å². The Morgan fingerprint density at radius 2 is 1.79 bits per heavy atom. The first-order valence-electron chi connectivity index (χ1n) is 6.19. The van der Waals surface area contributed by atoms with Crippen molar-refractivity contribution in [3.8, 4) is 5.75 Å². The van der Waals surface area contributed by atoms with Crippen LogP contribution in [-0.2, 0) is 6.54 Å². The first-order chi connectivity index (χ1) is 9.06. The molecule has 0 saturated carbocycles. The monoisotopic (exact) mass is 255 g/mol. The quantitative estimate of drug-likeness (QED) is 0.886. The van der Waals surface area contributed by atoms with Gasteiger partial charge >= 0.3 is 0 Å². The zero-order valence-corrected chi connectivity index (χ0v) is 11.1. The fourth-order valence-corrected chi connectivity index (χ4v) is 1.74. The van der Waals surface area contributed by atoms with Crippen LogP contribution in [0.3, 0.4) is 0 Å². The third-order valence-corrected chi connectivity index (χ3v) is 3.04. The number of nitrogens with one attached hydrogen (secondary N) is 1. The fourth-order valence-electron chi connectivity index (χ4n) is 1.74. The lowest BCUT2D eigenvalue weighted by atomic mass is 10.1. The summed E-state index contributed by atoms with van der Waals surface area (Å²) in [6, 6.07) is 12.9. The van der Waals surface area contributed by atoms with Crippen molar-refractivity contribution < 1.29 is 9.90 Å². The maximum Gasteiger partial charge on any atom is 0.251 e. The molecule has 2 rings (SSSR count). The zero-order valence-electron chi connectivity index (χ0n) is 11.1. The standard InChI is InChI=1S/C16H17NO2/c1-11-3-6-13(7-4-11)10-17-16(19)14-8-5-12(2)15(18)9-14/h3-9,18H,10H2,1-2H3,(H,17,19). The summed E-state index contributed by atoms with van der Waals surface area (Å²) in [7, 11) is 0. The number of amides is 1. The van der Waals surface area contributed by atoms with Gasteiger partial charge in [-0.2, -0.15) is 0 Å². The Labute approximate surface area is 112 Å². The highest BCUT2D eigenvalue weighted by Crippen LogP contribution is 2.17. The van der Waals surface area contributed by atoms with Gasteiger partial charge in [0.1, 0.15) is 5.75 Å². The highest BCUT2D eigenvalue weighted by molar-refractivity contribution is 5.94. The van der Waals surface area contributed by atoms with Gasteiger partial charge in [-0.1, -0.05) is 35.9 Å². The van der Waals surface area contributed by atoms with Crippen molar-refractivity contribution in [3.05, 3.63) is 64.7 Å². The van der Waals surface area contributed by atoms with Crippen molar-refractivity contribution in [2.45, 2.75) is 20.4 Å². The molecule has 0 aromatic heterocycles. The van der Waals surface area contributed by atoms with E-state index in [1.165, 1.54) is 11.6 Å². The molecule has 0 bridgehead atoms. The van der Waals surface area contributed by atoms with E-state index in [-0.39, 0.29) is 11.7 Å². The van der Waals surface area contributed by atoms with E-state index in [2.05, 4.69) is 5.32 Å². The van der Waals surface area contributed by atoms with E-state index in [1.54, 1.807) is 19.1 Å². The van der Waals surface area contributed by atoms with Crippen LogP contribution >= 0.6 is 0 Å². The second-order valence-corrected chi connectivity index (χ2v) is 4.67. The van der Waals surface area contributed by atoms with E-state index >= 15 is 0 Å². The summed E-state index contributed by atoms with van der Waals surface area (Å²) < 4.78 is 0. The lowest BCUT2D eigenvalue weighted by Gasteiger charge is -2.07. The lowest BCUT2D eigenvalue weighted by Crippen LogP contribution is -2.22. The van der Waals surface area contributed by atoms with Gasteiger partial charge in [0.15, 0.2) is 0 Å². The minimum absolute atomic E-state index is 0.142. The summed E-state index contributed by atoms with van der Waals surface area (Å²) in [5.41, 5.74) is 3.47. The van der Waals surface area contributed by atoms with E-state index in [4.69, 9.17) is 0 Å². The number of phenols is 1. The maximum atomic E-state index is 11.9. The Morgan fingerprint density at radius 3 is 2.42 bits per heavy atom. The van der Waals surface area contributed by atoms with Gasteiger partial charge < -0.3 is 10.4 Å². The molecule has 1 amide bonds. The number of hydrogen-bond donors (Lipinski definition) is 2. The van der Waals surface area contributed by atoms with Gasteiger partial charge in [0.05, 0.1) is 0 Å². The lowest BCUT2D eigenvalue weighted by molar-refractivity contribution is 0.0950. The Balaban J connectivity index is 2.01. The molecule has 0 spiro atoms. The van der Waals surface area contributed by atoms with Gasteiger partial charge in [-0.15, -0.1) is 0 Å². The average Bonchev–Trinajstić information content (AvgIpc) is 2.41. The highest BCUT2D eigenvalue weighted by atomic mass is 16.3. The summed E-state index contributed by atoms with van der Waals surface area (Å²) in [6.07, 6.45) is 0. The predicted molar refractivity (Wildman–Crippen MR) is 75.2 cm³/mol. The second kappa shape index (κ2) is 5.57. The van der Waals surface area contributed by atoms with Gasteiger partial charge in [-0.25, -0.2) is 0 Å². The number of aromatic hydroxyl groups is 1. The summed E-state index contributed by atoms with van der Waals surface area (Å²) in [5.74, 6) is -0.0427. The van der Waals surface area contributed by atoms with Crippen LogP contribution in [0.4, 0.5) is 0 Å². The molecule has 0 saturated heterocycles. The van der Waals surface area contributed by atoms with E-state index < -0.39 is 0 Å². The molecule has 0 radical (unpaired) electrons. The molecule has 98 valence electrons. The van der Waals surface area contributed by atoms with Crippen LogP contribution < -0.4 is 5.32 Å². The SMILES string of the molecule is Cc1ccc(CNC(=O)c2ccc(C)c(O)c2)cc1. The van der Waals surface area contributed by atoms with Gasteiger partial charge in [0.25, 0.3) is 5.91 Å². The molecule has 0 aliphatic rings. The third kappa shape index (κ3) is 3.35. The highest BCUT2D eigenvalue weighted by Gasteiger charge is 2.07. The predicted octanol–water partition coefficient (Wildman–Crippen LogP) is 2.94. The van der Waals surface area contributed by atoms with Crippen molar-refractivity contribution in [1.29, 1.82) is 0 Å². The molecule has 0 atom stereocenters. The van der Waals surface area contributed by atoms with Crippen molar-refractivity contribution >= 4 is 5.91 Å². The van der Waals surface area contributed by atoms with Crippen molar-refractivity contribution in [1.82, 2.24) is 5.32 Å². The van der Waals surface area contributed by atoms with Crippen LogP contribution in [0.15, 0.2) is 42.5 Å². The molecule has 3 nitrogen and oxygen atoms in total. The van der Waals surface area contributed by atoms with E-state index in [9.17, 15) is 9.90 Å². The smallest absolute Gasteiger partial charge is 0.251 e. The molecule has 3 heteroatoms. The van der Waals surface area contributed by atoms with Crippen LogP contribution in [0, 0.1) is 13.8 Å². The number of carbonyl (C=O) groups is 1. The van der Waals surface area contributed by atoms with Gasteiger partial charge in [-0.3, -0.25) is 4.79 Å². The van der Waals surface area contributed by atoms with Crippen LogP contribution in [0.25, 0.3) is 0 Å². The minimum atomic E-state index is -0.184. The first kappa shape index (κ1) is 13.1. The Kier molecular flexibility index (Phi) is 3.85. The Morgan fingerprint density at radius 1 is 1.11 bits per heavy atom. The van der Waals surface area contributed by atoms with Gasteiger partial charge in [0.2, 0.25) is 0 Å². The molecule has 2 aromatic carbocycles. The molecule has 2 aromatic rings. The van der Waals surface area contributed by atoms with Gasteiger partial charge in [-0.05, 0) is 37.1 Å². The van der Waals surface area contributed by atoms with Crippen LogP contribution in [-0.4, -0.2) is 11.0 Å². The molecular weight excluding hydrogens is 238 g/mol. The summed E-state index contributed by atoms with van der Waals surface area (Å²) in [4.78, 5) is 11.9. The number of benzene rings is 2. The Bertz CT molecular complexity index is 588. The first-order valence-corrected chi connectivity index (χ1v) is 6.19. The number of hydrogen-bond acceptors (Lipinski definition) is 2. The number of rotatable bonds is 3. The molecule has 0 fully saturated rings. The zero-order chi connectivity index (χ0) is 13.8. The van der Waals surface area contributed by atoms with Crippen LogP contribution in [0.1, 0.15) is 27.0 Å². The summed E-state index contributed by atoms with van der Waals surface area (Å²) >= 11 is 0. The largest absolute Gasteiger partial charge is 0.508 e. The molecule has 0 unspecified atom stereocenters. The molecule has 0 aliphatic heterocycles. The van der Waals surface area contributed by atoms with Crippen LogP contribution in [0.5, 0.6) is 5.75 Å². The summed E-state index contributed by atoms with van der Waals surface area (Å²) in [5, 5.41) is 12.4. The van der Waals surface area contributed by atoms with Crippen LogP contribution in [0.2, 0.25) is 0 Å². The van der Waals surface area contributed by atoms with Gasteiger partial charge in [0, 0.05) is 12.1 Å². The third-order valence-electron chi connectivity index (χ3n) is 3.04. The number of aryl methyl sites for hydroxylation is 2. The minimum Gasteiger partial charge on any atom is -0.508 e. The maximum absolute atomic E-state index is 11.9. The van der Waals surface area contributed by atoms with E-state index in [0.29, 0.717) is 12.1 Å². The number of carbonyl (C=O) groups excluding carboxylic acids is 1. The molecule has 0 heterocycles. The summed E-state index contributed by atoms with van der Waals surface area (Å²) in [6.45, 7) is 4.30. The van der Waals surface area contributed by atoms with E-state index in [1.807, 2.05) is 31.2 Å². The average molecular weight is 255 g/mol. The topological polar surface area (TPSA) is 49.3 Å². The molecular formula is C16H17NO2. The Hall–Kier alpha value is -2.29. The molecule has 19 heavy (non-hydrogen) atoms. The second-order valence-electron chi connectivity index (χ2n) is 4.67. The number of phenolic OH excluding ortho intramolecular Hbond substituents is 1. The molecule has 2 N–H and O–H groups in total. The van der Waals surface area contributed by atoms with Crippen molar-refractivity contribution in [2.24, 2.45) is 0 Å². The van der Waals surface area contributed by atoms with Crippen molar-refractivity contribution in [2.75, 3.05) is 0 Å².